The number of amides is 1. The summed E-state index contributed by atoms with van der Waals surface area (Å²) in [5.74, 6) is -0.0214. The van der Waals surface area contributed by atoms with Crippen molar-refractivity contribution in [2.45, 2.75) is 35.7 Å². The Morgan fingerprint density at radius 3 is 2.55 bits per heavy atom. The van der Waals surface area contributed by atoms with Crippen LogP contribution in [0.3, 0.4) is 0 Å². The van der Waals surface area contributed by atoms with Gasteiger partial charge in [-0.05, 0) is 44.0 Å². The van der Waals surface area contributed by atoms with Gasteiger partial charge >= 0.3 is 0 Å². The van der Waals surface area contributed by atoms with Gasteiger partial charge in [0.1, 0.15) is 5.03 Å². The molecule has 1 N–H and O–H groups in total. The molecule has 2 aromatic rings. The molecule has 0 spiro atoms. The smallest absolute Gasteiger partial charge is 0.253 e. The molecule has 1 aliphatic carbocycles. The Morgan fingerprint density at radius 1 is 1.20 bits per heavy atom. The van der Waals surface area contributed by atoms with Crippen LogP contribution in [0.25, 0.3) is 0 Å². The Bertz CT molecular complexity index is 603. The summed E-state index contributed by atoms with van der Waals surface area (Å²) in [6, 6.07) is 12.4. The molecule has 1 heterocycles. The highest BCUT2D eigenvalue weighted by Crippen LogP contribution is 2.26. The second-order valence-corrected chi connectivity index (χ2v) is 6.14. The van der Waals surface area contributed by atoms with E-state index in [0.717, 1.165) is 22.8 Å². The van der Waals surface area contributed by atoms with Gasteiger partial charge in [0, 0.05) is 17.1 Å². The summed E-state index contributed by atoms with van der Waals surface area (Å²) in [6.45, 7) is 2.07. The summed E-state index contributed by atoms with van der Waals surface area (Å²) in [5.41, 5.74) is 1.87. The first-order chi connectivity index (χ1) is 9.70. The number of pyridine rings is 1. The predicted octanol–water partition coefficient (Wildman–Crippen LogP) is 3.43. The number of aryl methyl sites for hydroxylation is 1. The Labute approximate surface area is 122 Å². The Balaban J connectivity index is 1.66. The fourth-order valence-corrected chi connectivity index (χ4v) is 2.55. The number of nitrogens with zero attached hydrogens (tertiary/aromatic N) is 1. The maximum absolute atomic E-state index is 11.8. The number of aromatic nitrogens is 1. The van der Waals surface area contributed by atoms with Gasteiger partial charge in [0.05, 0.1) is 5.56 Å². The molecule has 0 radical (unpaired) electrons. The van der Waals surface area contributed by atoms with Crippen LogP contribution in [0.4, 0.5) is 0 Å². The minimum absolute atomic E-state index is 0.0214. The minimum atomic E-state index is -0.0214. The number of hydrogen-bond acceptors (Lipinski definition) is 3. The molecule has 20 heavy (non-hydrogen) atoms. The second kappa shape index (κ2) is 5.67. The topological polar surface area (TPSA) is 42.0 Å². The van der Waals surface area contributed by atoms with Crippen LogP contribution in [0.5, 0.6) is 0 Å². The van der Waals surface area contributed by atoms with Crippen LogP contribution < -0.4 is 5.32 Å². The van der Waals surface area contributed by atoms with Crippen LogP contribution in [0, 0.1) is 6.92 Å². The van der Waals surface area contributed by atoms with Gasteiger partial charge in [-0.2, -0.15) is 0 Å². The maximum atomic E-state index is 11.8. The van der Waals surface area contributed by atoms with E-state index in [1.54, 1.807) is 18.0 Å². The number of rotatable bonds is 4. The molecule has 0 saturated heterocycles. The third-order valence-corrected chi connectivity index (χ3v) is 4.11. The molecule has 3 rings (SSSR count). The quantitative estimate of drug-likeness (QED) is 0.935. The van der Waals surface area contributed by atoms with Gasteiger partial charge in [-0.15, -0.1) is 0 Å². The van der Waals surface area contributed by atoms with E-state index >= 15 is 0 Å². The van der Waals surface area contributed by atoms with Crippen molar-refractivity contribution in [1.82, 2.24) is 10.3 Å². The van der Waals surface area contributed by atoms with Gasteiger partial charge in [0.25, 0.3) is 5.91 Å². The lowest BCUT2D eigenvalue weighted by atomic mass is 10.2. The number of carbonyl (C=O) groups is 1. The number of benzene rings is 1. The molecule has 4 heteroatoms. The standard InChI is InChI=1S/C16H16N2OS/c1-11-2-7-14(8-3-11)20-15-9-4-12(10-17-15)16(19)18-13-5-6-13/h2-4,7-10,13H,5-6H2,1H3,(H,18,19). The first kappa shape index (κ1) is 13.2. The average Bonchev–Trinajstić information content (AvgIpc) is 3.26. The second-order valence-electron chi connectivity index (χ2n) is 5.05. The van der Waals surface area contributed by atoms with Crippen molar-refractivity contribution in [3.63, 3.8) is 0 Å². The third-order valence-electron chi connectivity index (χ3n) is 3.15. The summed E-state index contributed by atoms with van der Waals surface area (Å²) in [6.07, 6.45) is 3.84. The molecular weight excluding hydrogens is 268 g/mol. The first-order valence-electron chi connectivity index (χ1n) is 6.72. The molecule has 0 atom stereocenters. The van der Waals surface area contributed by atoms with E-state index in [9.17, 15) is 4.79 Å². The van der Waals surface area contributed by atoms with Gasteiger partial charge in [0.2, 0.25) is 0 Å². The zero-order valence-electron chi connectivity index (χ0n) is 11.3. The van der Waals surface area contributed by atoms with Crippen LogP contribution in [0.2, 0.25) is 0 Å². The molecule has 1 aromatic heterocycles. The van der Waals surface area contributed by atoms with E-state index in [-0.39, 0.29) is 5.91 Å². The lowest BCUT2D eigenvalue weighted by Gasteiger charge is -2.04. The van der Waals surface area contributed by atoms with Crippen LogP contribution in [-0.4, -0.2) is 16.9 Å². The average molecular weight is 284 g/mol. The van der Waals surface area contributed by atoms with Gasteiger partial charge in [-0.3, -0.25) is 4.79 Å². The minimum Gasteiger partial charge on any atom is -0.349 e. The van der Waals surface area contributed by atoms with E-state index in [2.05, 4.69) is 41.5 Å². The molecule has 3 nitrogen and oxygen atoms in total. The van der Waals surface area contributed by atoms with Crippen LogP contribution in [0.1, 0.15) is 28.8 Å². The maximum Gasteiger partial charge on any atom is 0.253 e. The molecule has 1 aliphatic rings. The number of carbonyl (C=O) groups excluding carboxylic acids is 1. The highest BCUT2D eigenvalue weighted by Gasteiger charge is 2.23. The zero-order chi connectivity index (χ0) is 13.9. The van der Waals surface area contributed by atoms with E-state index < -0.39 is 0 Å². The van der Waals surface area contributed by atoms with Crippen molar-refractivity contribution in [1.29, 1.82) is 0 Å². The van der Waals surface area contributed by atoms with Gasteiger partial charge in [-0.25, -0.2) is 4.98 Å². The van der Waals surface area contributed by atoms with E-state index in [0.29, 0.717) is 11.6 Å². The van der Waals surface area contributed by atoms with Crippen molar-refractivity contribution in [3.05, 3.63) is 53.7 Å². The van der Waals surface area contributed by atoms with Crippen molar-refractivity contribution >= 4 is 17.7 Å². The summed E-state index contributed by atoms with van der Waals surface area (Å²) in [5, 5.41) is 3.86. The molecular formula is C16H16N2OS. The van der Waals surface area contributed by atoms with E-state index in [4.69, 9.17) is 0 Å². The lowest BCUT2D eigenvalue weighted by Crippen LogP contribution is -2.25. The van der Waals surface area contributed by atoms with Gasteiger partial charge < -0.3 is 5.32 Å². The molecule has 102 valence electrons. The monoisotopic (exact) mass is 284 g/mol. The van der Waals surface area contributed by atoms with E-state index in [1.165, 1.54) is 5.56 Å². The summed E-state index contributed by atoms with van der Waals surface area (Å²) >= 11 is 1.60. The number of nitrogens with one attached hydrogen (secondary N) is 1. The number of hydrogen-bond donors (Lipinski definition) is 1. The SMILES string of the molecule is Cc1ccc(Sc2ccc(C(=O)NC3CC3)cn2)cc1. The summed E-state index contributed by atoms with van der Waals surface area (Å²) in [7, 11) is 0. The van der Waals surface area contributed by atoms with Gasteiger partial charge in [0.15, 0.2) is 0 Å². The van der Waals surface area contributed by atoms with Crippen LogP contribution in [-0.2, 0) is 0 Å². The van der Waals surface area contributed by atoms with Crippen molar-refractivity contribution < 1.29 is 4.79 Å². The fraction of sp³-hybridized carbons (Fsp3) is 0.250. The Kier molecular flexibility index (Phi) is 3.74. The Hall–Kier alpha value is -1.81. The summed E-state index contributed by atoms with van der Waals surface area (Å²) in [4.78, 5) is 17.3. The van der Waals surface area contributed by atoms with Crippen molar-refractivity contribution in [3.8, 4) is 0 Å². The molecule has 1 fully saturated rings. The fourth-order valence-electron chi connectivity index (χ4n) is 1.80. The van der Waals surface area contributed by atoms with Crippen LogP contribution >= 0.6 is 11.8 Å². The third kappa shape index (κ3) is 3.39. The van der Waals surface area contributed by atoms with Gasteiger partial charge in [-0.1, -0.05) is 29.5 Å². The largest absolute Gasteiger partial charge is 0.349 e. The van der Waals surface area contributed by atoms with Crippen molar-refractivity contribution in [2.24, 2.45) is 0 Å². The zero-order valence-corrected chi connectivity index (χ0v) is 12.1. The summed E-state index contributed by atoms with van der Waals surface area (Å²) < 4.78 is 0. The lowest BCUT2D eigenvalue weighted by molar-refractivity contribution is 0.0950. The highest BCUT2D eigenvalue weighted by atomic mass is 32.2. The molecule has 0 unspecified atom stereocenters. The first-order valence-corrected chi connectivity index (χ1v) is 7.54. The Morgan fingerprint density at radius 2 is 1.95 bits per heavy atom. The molecule has 1 aromatic carbocycles. The highest BCUT2D eigenvalue weighted by molar-refractivity contribution is 7.99. The normalized spacial score (nSPS) is 14.1. The molecule has 1 saturated carbocycles. The van der Waals surface area contributed by atoms with Crippen LogP contribution in [0.15, 0.2) is 52.5 Å². The molecule has 0 bridgehead atoms. The molecule has 0 aliphatic heterocycles. The van der Waals surface area contributed by atoms with Crippen molar-refractivity contribution in [2.75, 3.05) is 0 Å². The molecule has 1 amide bonds. The predicted molar refractivity (Wildman–Crippen MR) is 80.0 cm³/mol. The van der Waals surface area contributed by atoms with E-state index in [1.807, 2.05) is 12.1 Å².